The van der Waals surface area contributed by atoms with Crippen LogP contribution in [0.4, 0.5) is 0 Å². The second-order valence-electron chi connectivity index (χ2n) is 9.97. The van der Waals surface area contributed by atoms with Crippen molar-refractivity contribution in [1.29, 1.82) is 0 Å². The first-order valence-electron chi connectivity index (χ1n) is 12.4. The predicted molar refractivity (Wildman–Crippen MR) is 121 cm³/mol. The zero-order valence-corrected chi connectivity index (χ0v) is 19.5. The van der Waals surface area contributed by atoms with Crippen LogP contribution in [0.15, 0.2) is 12.2 Å². The van der Waals surface area contributed by atoms with Gasteiger partial charge in [-0.15, -0.1) is 0 Å². The zero-order chi connectivity index (χ0) is 22.0. The molecule has 2 fully saturated rings. The first-order chi connectivity index (χ1) is 14.3. The highest BCUT2D eigenvalue weighted by atomic mass is 16.5. The van der Waals surface area contributed by atoms with Gasteiger partial charge in [-0.25, -0.2) is 0 Å². The van der Waals surface area contributed by atoms with Crippen LogP contribution in [0.3, 0.4) is 0 Å². The molecule has 0 amide bonds. The van der Waals surface area contributed by atoms with E-state index in [0.29, 0.717) is 30.5 Å². The molecule has 0 aromatic rings. The Morgan fingerprint density at radius 1 is 1.20 bits per heavy atom. The third-order valence-electron chi connectivity index (χ3n) is 7.01. The average Bonchev–Trinajstić information content (AvgIpc) is 2.97. The second-order valence-corrected chi connectivity index (χ2v) is 9.97. The van der Waals surface area contributed by atoms with Crippen LogP contribution in [0.5, 0.6) is 0 Å². The van der Waals surface area contributed by atoms with Crippen molar-refractivity contribution in [1.82, 2.24) is 0 Å². The molecule has 1 N–H and O–H groups in total. The molecule has 4 atom stereocenters. The monoisotopic (exact) mass is 420 g/mol. The fourth-order valence-electron chi connectivity index (χ4n) is 5.45. The molecule has 4 nitrogen and oxygen atoms in total. The van der Waals surface area contributed by atoms with Crippen LogP contribution in [0.1, 0.15) is 111 Å². The van der Waals surface area contributed by atoms with Gasteiger partial charge in [-0.1, -0.05) is 51.2 Å². The molecule has 2 aliphatic rings. The molecule has 0 heterocycles. The highest BCUT2D eigenvalue weighted by Gasteiger charge is 2.48. The van der Waals surface area contributed by atoms with Crippen LogP contribution in [-0.2, 0) is 14.3 Å². The maximum Gasteiger partial charge on any atom is 0.306 e. The Morgan fingerprint density at radius 2 is 1.97 bits per heavy atom. The van der Waals surface area contributed by atoms with Gasteiger partial charge in [-0.3, -0.25) is 9.59 Å². The summed E-state index contributed by atoms with van der Waals surface area (Å²) in [5.41, 5.74) is -0.539. The van der Waals surface area contributed by atoms with E-state index in [1.54, 1.807) is 0 Å². The summed E-state index contributed by atoms with van der Waals surface area (Å²) in [5, 5.41) is 11.1. The normalized spacial score (nSPS) is 29.0. The smallest absolute Gasteiger partial charge is 0.306 e. The van der Waals surface area contributed by atoms with Crippen molar-refractivity contribution in [2.24, 2.45) is 17.8 Å². The summed E-state index contributed by atoms with van der Waals surface area (Å²) in [6.45, 7) is 5.95. The molecule has 0 aromatic heterocycles. The van der Waals surface area contributed by atoms with E-state index in [9.17, 15) is 14.7 Å². The van der Waals surface area contributed by atoms with Crippen molar-refractivity contribution < 1.29 is 19.4 Å². The lowest BCUT2D eigenvalue weighted by Crippen LogP contribution is -2.38. The molecular weight excluding hydrogens is 376 g/mol. The molecule has 0 radical (unpaired) electrons. The van der Waals surface area contributed by atoms with Crippen LogP contribution < -0.4 is 0 Å². The Balaban J connectivity index is 1.70. The molecule has 0 aromatic carbocycles. The Labute approximate surface area is 183 Å². The van der Waals surface area contributed by atoms with Gasteiger partial charge >= 0.3 is 5.97 Å². The lowest BCUT2D eigenvalue weighted by atomic mass is 9.69. The summed E-state index contributed by atoms with van der Waals surface area (Å²) in [6.07, 6.45) is 17.4. The summed E-state index contributed by atoms with van der Waals surface area (Å²) < 4.78 is 5.14. The van der Waals surface area contributed by atoms with Crippen LogP contribution >= 0.6 is 0 Å². The molecule has 30 heavy (non-hydrogen) atoms. The summed E-state index contributed by atoms with van der Waals surface area (Å²) in [7, 11) is 0. The standard InChI is InChI=1S/C26H44O4/c1-4-5-6-9-12-16-26(29)17-15-22-21(19-26)18-24(27)23(22)13-10-7-8-11-14-25(28)30-20(2)3/h7,10,20-23,29H,4-6,8-9,11-19H2,1-3H3/t21-,22-,23?,26+/m0/s1. The van der Waals surface area contributed by atoms with Gasteiger partial charge in [-0.05, 0) is 70.6 Å². The highest BCUT2D eigenvalue weighted by molar-refractivity contribution is 5.84. The first-order valence-corrected chi connectivity index (χ1v) is 12.4. The van der Waals surface area contributed by atoms with Gasteiger partial charge in [0.2, 0.25) is 0 Å². The second kappa shape index (κ2) is 12.6. The third-order valence-corrected chi connectivity index (χ3v) is 7.01. The number of carbonyl (C=O) groups is 2. The van der Waals surface area contributed by atoms with E-state index in [1.807, 2.05) is 13.8 Å². The van der Waals surface area contributed by atoms with Crippen LogP contribution in [0, 0.1) is 17.8 Å². The molecule has 0 bridgehead atoms. The van der Waals surface area contributed by atoms with Gasteiger partial charge in [0.15, 0.2) is 0 Å². The lowest BCUT2D eigenvalue weighted by Gasteiger charge is -2.40. The Bertz CT molecular complexity index is 567. The number of fused-ring (bicyclic) bond motifs is 1. The number of esters is 1. The Hall–Kier alpha value is -1.16. The SMILES string of the molecule is CCCCCCC[C@@]1(O)CC[C@@H]2C(CC=CCCCC(=O)OC(C)C)C(=O)C[C@H]2C1. The molecule has 172 valence electrons. The maximum absolute atomic E-state index is 12.6. The van der Waals surface area contributed by atoms with E-state index in [-0.39, 0.29) is 18.0 Å². The molecule has 0 spiro atoms. The molecule has 2 rings (SSSR count). The number of ketones is 1. The van der Waals surface area contributed by atoms with Crippen molar-refractivity contribution >= 4 is 11.8 Å². The molecular formula is C26H44O4. The number of carbonyl (C=O) groups excluding carboxylic acids is 2. The Kier molecular flexibility index (Phi) is 10.6. The van der Waals surface area contributed by atoms with E-state index >= 15 is 0 Å². The number of allylic oxidation sites excluding steroid dienone is 2. The minimum atomic E-state index is -0.539. The summed E-state index contributed by atoms with van der Waals surface area (Å²) in [5.74, 6) is 1.21. The van der Waals surface area contributed by atoms with E-state index in [4.69, 9.17) is 4.74 Å². The molecule has 0 saturated heterocycles. The fourth-order valence-corrected chi connectivity index (χ4v) is 5.45. The minimum absolute atomic E-state index is 0.0522. The number of hydrogen-bond donors (Lipinski definition) is 1. The highest BCUT2D eigenvalue weighted by Crippen LogP contribution is 2.49. The van der Waals surface area contributed by atoms with Crippen LogP contribution in [-0.4, -0.2) is 28.6 Å². The number of rotatable bonds is 13. The zero-order valence-electron chi connectivity index (χ0n) is 19.5. The molecule has 2 aliphatic carbocycles. The Morgan fingerprint density at radius 3 is 2.70 bits per heavy atom. The molecule has 0 aliphatic heterocycles. The van der Waals surface area contributed by atoms with E-state index in [1.165, 1.54) is 25.7 Å². The summed E-state index contributed by atoms with van der Waals surface area (Å²) in [6, 6.07) is 0. The van der Waals surface area contributed by atoms with E-state index in [0.717, 1.165) is 51.4 Å². The van der Waals surface area contributed by atoms with Gasteiger partial charge in [0.05, 0.1) is 11.7 Å². The van der Waals surface area contributed by atoms with Crippen LogP contribution in [0.25, 0.3) is 0 Å². The van der Waals surface area contributed by atoms with E-state index < -0.39 is 5.60 Å². The summed E-state index contributed by atoms with van der Waals surface area (Å²) in [4.78, 5) is 24.2. The number of ether oxygens (including phenoxy) is 1. The van der Waals surface area contributed by atoms with Gasteiger partial charge in [0.25, 0.3) is 0 Å². The van der Waals surface area contributed by atoms with Crippen molar-refractivity contribution in [3.63, 3.8) is 0 Å². The van der Waals surface area contributed by atoms with Crippen molar-refractivity contribution in [2.45, 2.75) is 122 Å². The molecule has 4 heteroatoms. The fraction of sp³-hybridized carbons (Fsp3) is 0.846. The number of Topliss-reactive ketones (excluding diaryl/α,β-unsaturated/α-hetero) is 1. The quantitative estimate of drug-likeness (QED) is 0.220. The largest absolute Gasteiger partial charge is 0.463 e. The van der Waals surface area contributed by atoms with Crippen molar-refractivity contribution in [3.8, 4) is 0 Å². The topological polar surface area (TPSA) is 63.6 Å². The third kappa shape index (κ3) is 8.17. The lowest BCUT2D eigenvalue weighted by molar-refractivity contribution is -0.147. The van der Waals surface area contributed by atoms with Gasteiger partial charge < -0.3 is 9.84 Å². The van der Waals surface area contributed by atoms with Gasteiger partial charge in [-0.2, -0.15) is 0 Å². The average molecular weight is 421 g/mol. The molecule has 1 unspecified atom stereocenters. The summed E-state index contributed by atoms with van der Waals surface area (Å²) >= 11 is 0. The maximum atomic E-state index is 12.6. The number of unbranched alkanes of at least 4 members (excludes halogenated alkanes) is 5. The van der Waals surface area contributed by atoms with Crippen molar-refractivity contribution in [2.75, 3.05) is 0 Å². The predicted octanol–water partition coefficient (Wildman–Crippen LogP) is 6.15. The van der Waals surface area contributed by atoms with Crippen molar-refractivity contribution in [3.05, 3.63) is 12.2 Å². The van der Waals surface area contributed by atoms with Gasteiger partial charge in [0.1, 0.15) is 5.78 Å². The number of hydrogen-bond acceptors (Lipinski definition) is 4. The number of aliphatic hydroxyl groups is 1. The van der Waals surface area contributed by atoms with E-state index in [2.05, 4.69) is 19.1 Å². The van der Waals surface area contributed by atoms with Crippen LogP contribution in [0.2, 0.25) is 0 Å². The first kappa shape index (κ1) is 25.1. The molecule has 2 saturated carbocycles. The minimum Gasteiger partial charge on any atom is -0.463 e. The van der Waals surface area contributed by atoms with Gasteiger partial charge in [0, 0.05) is 18.8 Å².